The lowest BCUT2D eigenvalue weighted by atomic mass is 10.1. The van der Waals surface area contributed by atoms with E-state index in [4.69, 9.17) is 4.74 Å². The first-order chi connectivity index (χ1) is 14.3. The van der Waals surface area contributed by atoms with Crippen molar-refractivity contribution in [2.45, 2.75) is 46.2 Å². The van der Waals surface area contributed by atoms with Crippen LogP contribution in [0.5, 0.6) is 5.75 Å². The van der Waals surface area contributed by atoms with Gasteiger partial charge in [-0.15, -0.1) is 0 Å². The molecular weight excluding hydrogens is 512 g/mol. The summed E-state index contributed by atoms with van der Waals surface area (Å²) in [6.07, 6.45) is 1.76. The highest BCUT2D eigenvalue weighted by molar-refractivity contribution is 9.10. The summed E-state index contributed by atoms with van der Waals surface area (Å²) in [5.41, 5.74) is 2.11. The third-order valence-electron chi connectivity index (χ3n) is 4.71. The van der Waals surface area contributed by atoms with E-state index in [1.54, 1.807) is 11.8 Å². The Morgan fingerprint density at radius 2 is 1.87 bits per heavy atom. The number of carbonyl (C=O) groups is 2. The number of hydrogen-bond acceptors (Lipinski definition) is 3. The molecule has 162 valence electrons. The minimum atomic E-state index is -0.613. The number of hydrogen-bond donors (Lipinski definition) is 1. The molecule has 0 aliphatic heterocycles. The van der Waals surface area contributed by atoms with Crippen molar-refractivity contribution in [2.75, 3.05) is 13.2 Å². The van der Waals surface area contributed by atoms with E-state index in [1.807, 2.05) is 49.4 Å². The van der Waals surface area contributed by atoms with E-state index in [2.05, 4.69) is 44.1 Å². The van der Waals surface area contributed by atoms with Gasteiger partial charge in [0.2, 0.25) is 5.91 Å². The standard InChI is InChI=1S/C23H28Br2N2O3/c1-4-11-26-23(29)16(3)27(14-18-7-6-8-19(24)12-18)22(28)15-30-21-10-9-17(5-2)13-20(21)25/h6-10,12-13,16H,4-5,11,14-15H2,1-3H3,(H,26,29)/t16-/m1/s1. The molecule has 2 aromatic rings. The molecule has 0 unspecified atom stereocenters. The number of nitrogens with zero attached hydrogens (tertiary/aromatic N) is 1. The van der Waals surface area contributed by atoms with E-state index < -0.39 is 6.04 Å². The lowest BCUT2D eigenvalue weighted by Gasteiger charge is -2.29. The van der Waals surface area contributed by atoms with Crippen LogP contribution < -0.4 is 10.1 Å². The second-order valence-corrected chi connectivity index (χ2v) is 8.80. The number of benzene rings is 2. The van der Waals surface area contributed by atoms with Crippen LogP contribution in [0.4, 0.5) is 0 Å². The first kappa shape index (κ1) is 24.4. The van der Waals surface area contributed by atoms with E-state index in [0.29, 0.717) is 18.8 Å². The Kier molecular flexibility index (Phi) is 9.85. The second-order valence-electron chi connectivity index (χ2n) is 7.03. The van der Waals surface area contributed by atoms with Crippen LogP contribution in [0.1, 0.15) is 38.3 Å². The molecule has 0 aromatic heterocycles. The van der Waals surface area contributed by atoms with Crippen molar-refractivity contribution in [2.24, 2.45) is 0 Å². The van der Waals surface area contributed by atoms with Gasteiger partial charge in [-0.1, -0.05) is 48.0 Å². The van der Waals surface area contributed by atoms with E-state index in [-0.39, 0.29) is 18.4 Å². The molecule has 0 aliphatic rings. The molecule has 5 nitrogen and oxygen atoms in total. The molecule has 2 rings (SSSR count). The summed E-state index contributed by atoms with van der Waals surface area (Å²) in [5.74, 6) is 0.181. The summed E-state index contributed by atoms with van der Waals surface area (Å²) < 4.78 is 7.50. The highest BCUT2D eigenvalue weighted by atomic mass is 79.9. The van der Waals surface area contributed by atoms with Crippen molar-refractivity contribution >= 4 is 43.7 Å². The normalized spacial score (nSPS) is 11.6. The molecule has 2 amide bonds. The van der Waals surface area contributed by atoms with E-state index in [1.165, 1.54) is 5.56 Å². The van der Waals surface area contributed by atoms with Crippen molar-refractivity contribution in [1.29, 1.82) is 0 Å². The predicted molar refractivity (Wildman–Crippen MR) is 126 cm³/mol. The van der Waals surface area contributed by atoms with Gasteiger partial charge < -0.3 is 15.0 Å². The number of carbonyl (C=O) groups excluding carboxylic acids is 2. The van der Waals surface area contributed by atoms with Crippen LogP contribution >= 0.6 is 31.9 Å². The van der Waals surface area contributed by atoms with Gasteiger partial charge in [-0.3, -0.25) is 9.59 Å². The van der Waals surface area contributed by atoms with Gasteiger partial charge in [-0.25, -0.2) is 0 Å². The highest BCUT2D eigenvalue weighted by Gasteiger charge is 2.26. The third-order valence-corrected chi connectivity index (χ3v) is 5.83. The zero-order valence-electron chi connectivity index (χ0n) is 17.6. The topological polar surface area (TPSA) is 58.6 Å². The summed E-state index contributed by atoms with van der Waals surface area (Å²) in [6.45, 7) is 6.56. The summed E-state index contributed by atoms with van der Waals surface area (Å²) in [6, 6.07) is 12.9. The Hall–Kier alpha value is -1.86. The summed E-state index contributed by atoms with van der Waals surface area (Å²) >= 11 is 6.96. The van der Waals surface area contributed by atoms with Gasteiger partial charge in [0, 0.05) is 17.6 Å². The first-order valence-corrected chi connectivity index (χ1v) is 11.7. The van der Waals surface area contributed by atoms with Gasteiger partial charge in [0.25, 0.3) is 5.91 Å². The molecule has 0 radical (unpaired) electrons. The molecule has 0 saturated heterocycles. The van der Waals surface area contributed by atoms with E-state index in [9.17, 15) is 9.59 Å². The van der Waals surface area contributed by atoms with Crippen LogP contribution in [-0.4, -0.2) is 35.9 Å². The molecular formula is C23H28Br2N2O3. The predicted octanol–water partition coefficient (Wildman–Crippen LogP) is 5.10. The van der Waals surface area contributed by atoms with Crippen molar-refractivity contribution in [3.8, 4) is 5.75 Å². The zero-order chi connectivity index (χ0) is 22.1. The smallest absolute Gasteiger partial charge is 0.261 e. The van der Waals surface area contributed by atoms with Gasteiger partial charge in [0.1, 0.15) is 11.8 Å². The van der Waals surface area contributed by atoms with Gasteiger partial charge in [0.15, 0.2) is 6.61 Å². The number of ether oxygens (including phenoxy) is 1. The highest BCUT2D eigenvalue weighted by Crippen LogP contribution is 2.26. The second kappa shape index (κ2) is 12.1. The number of amides is 2. The molecule has 1 N–H and O–H groups in total. The number of rotatable bonds is 10. The number of aryl methyl sites for hydroxylation is 1. The largest absolute Gasteiger partial charge is 0.483 e. The summed E-state index contributed by atoms with van der Waals surface area (Å²) in [4.78, 5) is 27.2. The van der Waals surface area contributed by atoms with Crippen LogP contribution in [0.25, 0.3) is 0 Å². The Bertz CT molecular complexity index is 873. The fraction of sp³-hybridized carbons (Fsp3) is 0.391. The lowest BCUT2D eigenvalue weighted by Crippen LogP contribution is -2.49. The molecule has 0 saturated carbocycles. The minimum Gasteiger partial charge on any atom is -0.483 e. The molecule has 1 atom stereocenters. The fourth-order valence-electron chi connectivity index (χ4n) is 2.91. The molecule has 0 fully saturated rings. The lowest BCUT2D eigenvalue weighted by molar-refractivity contribution is -0.142. The van der Waals surface area contributed by atoms with Crippen molar-refractivity contribution < 1.29 is 14.3 Å². The van der Waals surface area contributed by atoms with Crippen LogP contribution in [0, 0.1) is 0 Å². The average molecular weight is 540 g/mol. The average Bonchev–Trinajstić information content (AvgIpc) is 2.74. The molecule has 2 aromatic carbocycles. The van der Waals surface area contributed by atoms with Gasteiger partial charge >= 0.3 is 0 Å². The molecule has 30 heavy (non-hydrogen) atoms. The fourth-order valence-corrected chi connectivity index (χ4v) is 3.90. The number of halogens is 2. The summed E-state index contributed by atoms with van der Waals surface area (Å²) in [7, 11) is 0. The zero-order valence-corrected chi connectivity index (χ0v) is 20.8. The van der Waals surface area contributed by atoms with Crippen LogP contribution in [0.3, 0.4) is 0 Å². The van der Waals surface area contributed by atoms with Gasteiger partial charge in [0.05, 0.1) is 4.47 Å². The maximum atomic E-state index is 13.1. The monoisotopic (exact) mass is 538 g/mol. The molecule has 0 spiro atoms. The van der Waals surface area contributed by atoms with Gasteiger partial charge in [-0.2, -0.15) is 0 Å². The Morgan fingerprint density at radius 1 is 1.10 bits per heavy atom. The van der Waals surface area contributed by atoms with Crippen LogP contribution in [-0.2, 0) is 22.6 Å². The molecule has 0 heterocycles. The quantitative estimate of drug-likeness (QED) is 0.457. The van der Waals surface area contributed by atoms with E-state index >= 15 is 0 Å². The van der Waals surface area contributed by atoms with Gasteiger partial charge in [-0.05, 0) is 71.1 Å². The Balaban J connectivity index is 2.15. The maximum Gasteiger partial charge on any atom is 0.261 e. The molecule has 0 bridgehead atoms. The van der Waals surface area contributed by atoms with E-state index in [0.717, 1.165) is 27.4 Å². The van der Waals surface area contributed by atoms with Crippen molar-refractivity contribution in [1.82, 2.24) is 10.2 Å². The molecule has 7 heteroatoms. The number of nitrogens with one attached hydrogen (secondary N) is 1. The van der Waals surface area contributed by atoms with Crippen LogP contribution in [0.15, 0.2) is 51.4 Å². The van der Waals surface area contributed by atoms with Crippen LogP contribution in [0.2, 0.25) is 0 Å². The maximum absolute atomic E-state index is 13.1. The third kappa shape index (κ3) is 7.13. The Morgan fingerprint density at radius 3 is 2.50 bits per heavy atom. The van der Waals surface area contributed by atoms with Crippen molar-refractivity contribution in [3.63, 3.8) is 0 Å². The SMILES string of the molecule is CCCNC(=O)[C@@H](C)N(Cc1cccc(Br)c1)C(=O)COc1ccc(CC)cc1Br. The molecule has 0 aliphatic carbocycles. The van der Waals surface area contributed by atoms with Crippen molar-refractivity contribution in [3.05, 3.63) is 62.5 Å². The first-order valence-electron chi connectivity index (χ1n) is 10.1. The Labute approximate surface area is 195 Å². The minimum absolute atomic E-state index is 0.149. The summed E-state index contributed by atoms with van der Waals surface area (Å²) in [5, 5.41) is 2.87.